The predicted octanol–water partition coefficient (Wildman–Crippen LogP) is 5.81. The van der Waals surface area contributed by atoms with Crippen molar-refractivity contribution in [2.75, 3.05) is 6.61 Å². The summed E-state index contributed by atoms with van der Waals surface area (Å²) in [5.41, 5.74) is 3.72. The number of nitrogens with zero attached hydrogens (tertiary/aromatic N) is 1. The fourth-order valence-electron chi connectivity index (χ4n) is 2.33. The Morgan fingerprint density at radius 3 is 2.17 bits per heavy atom. The average molecular weight is 309 g/mol. The molecular weight excluding hydrogens is 282 g/mol. The van der Waals surface area contributed by atoms with Crippen molar-refractivity contribution in [3.8, 4) is 5.75 Å². The van der Waals surface area contributed by atoms with Crippen LogP contribution in [0.4, 0.5) is 5.69 Å². The van der Waals surface area contributed by atoms with Crippen LogP contribution >= 0.6 is 0 Å². The monoisotopic (exact) mass is 309 g/mol. The predicted molar refractivity (Wildman–Crippen MR) is 99.1 cm³/mol. The molecule has 2 aromatic rings. The second-order valence-electron chi connectivity index (χ2n) is 7.08. The summed E-state index contributed by atoms with van der Waals surface area (Å²) in [5, 5.41) is 0. The van der Waals surface area contributed by atoms with Gasteiger partial charge in [0.05, 0.1) is 12.3 Å². The fraction of sp³-hybridized carbons (Fsp3) is 0.381. The molecule has 0 amide bonds. The molecule has 0 fully saturated rings. The highest BCUT2D eigenvalue weighted by molar-refractivity contribution is 5.82. The van der Waals surface area contributed by atoms with Crippen LogP contribution in [0, 0.1) is 5.41 Å². The zero-order chi connectivity index (χ0) is 16.7. The van der Waals surface area contributed by atoms with Crippen molar-refractivity contribution in [1.29, 1.82) is 0 Å². The SMILES string of the molecule is CCCOc1ccc(C=Nc2ccc(CC(C)(C)C)cc2)cc1. The molecule has 0 atom stereocenters. The van der Waals surface area contributed by atoms with Gasteiger partial charge in [-0.25, -0.2) is 0 Å². The molecule has 23 heavy (non-hydrogen) atoms. The first kappa shape index (κ1) is 17.3. The maximum absolute atomic E-state index is 5.58. The van der Waals surface area contributed by atoms with Crippen LogP contribution in [0.15, 0.2) is 53.5 Å². The van der Waals surface area contributed by atoms with E-state index in [0.29, 0.717) is 5.41 Å². The lowest BCUT2D eigenvalue weighted by Gasteiger charge is -2.17. The summed E-state index contributed by atoms with van der Waals surface area (Å²) in [5.74, 6) is 0.913. The molecule has 2 nitrogen and oxygen atoms in total. The van der Waals surface area contributed by atoms with Crippen molar-refractivity contribution in [2.24, 2.45) is 10.4 Å². The molecule has 0 bridgehead atoms. The van der Waals surface area contributed by atoms with E-state index >= 15 is 0 Å². The summed E-state index contributed by atoms with van der Waals surface area (Å²) in [6, 6.07) is 16.5. The molecule has 0 unspecified atom stereocenters. The molecule has 2 rings (SSSR count). The van der Waals surface area contributed by atoms with Crippen molar-refractivity contribution < 1.29 is 4.74 Å². The van der Waals surface area contributed by atoms with E-state index in [-0.39, 0.29) is 0 Å². The smallest absolute Gasteiger partial charge is 0.119 e. The number of hydrogen-bond acceptors (Lipinski definition) is 2. The molecule has 0 heterocycles. The van der Waals surface area contributed by atoms with Crippen molar-refractivity contribution in [1.82, 2.24) is 0 Å². The summed E-state index contributed by atoms with van der Waals surface area (Å²) in [4.78, 5) is 4.54. The van der Waals surface area contributed by atoms with Gasteiger partial charge in [0.25, 0.3) is 0 Å². The number of hydrogen-bond donors (Lipinski definition) is 0. The Hall–Kier alpha value is -2.09. The Labute approximate surface area is 140 Å². The highest BCUT2D eigenvalue weighted by atomic mass is 16.5. The molecule has 0 saturated heterocycles. The summed E-state index contributed by atoms with van der Waals surface area (Å²) in [6.07, 6.45) is 3.99. The van der Waals surface area contributed by atoms with Crippen LogP contribution in [0.25, 0.3) is 0 Å². The van der Waals surface area contributed by atoms with Crippen LogP contribution < -0.4 is 4.74 Å². The van der Waals surface area contributed by atoms with Crippen LogP contribution in [0.1, 0.15) is 45.2 Å². The molecule has 0 aliphatic carbocycles. The van der Waals surface area contributed by atoms with Gasteiger partial charge in [-0.3, -0.25) is 4.99 Å². The van der Waals surface area contributed by atoms with Gasteiger partial charge in [-0.05, 0) is 65.8 Å². The molecule has 0 saturated carbocycles. The second-order valence-corrected chi connectivity index (χ2v) is 7.08. The van der Waals surface area contributed by atoms with Crippen LogP contribution in [0.5, 0.6) is 5.75 Å². The van der Waals surface area contributed by atoms with Crippen LogP contribution in [0.2, 0.25) is 0 Å². The summed E-state index contributed by atoms with van der Waals surface area (Å²) < 4.78 is 5.58. The van der Waals surface area contributed by atoms with Gasteiger partial charge in [0.1, 0.15) is 5.75 Å². The van der Waals surface area contributed by atoms with Crippen molar-refractivity contribution in [2.45, 2.75) is 40.5 Å². The summed E-state index contributed by atoms with van der Waals surface area (Å²) in [6.45, 7) is 9.63. The van der Waals surface area contributed by atoms with Gasteiger partial charge in [0, 0.05) is 6.21 Å². The Morgan fingerprint density at radius 1 is 0.957 bits per heavy atom. The summed E-state index contributed by atoms with van der Waals surface area (Å²) >= 11 is 0. The van der Waals surface area contributed by atoms with Gasteiger partial charge in [-0.1, -0.05) is 39.8 Å². The lowest BCUT2D eigenvalue weighted by Crippen LogP contribution is -2.08. The van der Waals surface area contributed by atoms with E-state index in [1.165, 1.54) is 5.56 Å². The van der Waals surface area contributed by atoms with E-state index < -0.39 is 0 Å². The lowest BCUT2D eigenvalue weighted by molar-refractivity contribution is 0.317. The third kappa shape index (κ3) is 6.27. The Kier molecular flexibility index (Phi) is 5.97. The van der Waals surface area contributed by atoms with E-state index in [4.69, 9.17) is 4.74 Å². The van der Waals surface area contributed by atoms with E-state index in [1.807, 2.05) is 30.5 Å². The van der Waals surface area contributed by atoms with E-state index in [9.17, 15) is 0 Å². The first-order valence-corrected chi connectivity index (χ1v) is 8.32. The third-order valence-corrected chi connectivity index (χ3v) is 3.39. The lowest BCUT2D eigenvalue weighted by atomic mass is 9.88. The largest absolute Gasteiger partial charge is 0.494 e. The van der Waals surface area contributed by atoms with Crippen molar-refractivity contribution in [3.05, 3.63) is 59.7 Å². The normalized spacial score (nSPS) is 11.8. The van der Waals surface area contributed by atoms with E-state index in [1.54, 1.807) is 0 Å². The Bertz CT molecular complexity index is 618. The Balaban J connectivity index is 1.97. The molecule has 0 N–H and O–H groups in total. The molecular formula is C21H27NO. The van der Waals surface area contributed by atoms with E-state index in [0.717, 1.165) is 36.4 Å². The maximum Gasteiger partial charge on any atom is 0.119 e. The van der Waals surface area contributed by atoms with Crippen molar-refractivity contribution in [3.63, 3.8) is 0 Å². The molecule has 2 aromatic carbocycles. The minimum absolute atomic E-state index is 0.312. The number of rotatable bonds is 6. The zero-order valence-corrected chi connectivity index (χ0v) is 14.7. The highest BCUT2D eigenvalue weighted by Gasteiger charge is 2.10. The quantitative estimate of drug-likeness (QED) is 0.617. The van der Waals surface area contributed by atoms with Gasteiger partial charge in [0.15, 0.2) is 0 Å². The zero-order valence-electron chi connectivity index (χ0n) is 14.7. The van der Waals surface area contributed by atoms with Gasteiger partial charge < -0.3 is 4.74 Å². The van der Waals surface area contributed by atoms with Gasteiger partial charge in [-0.15, -0.1) is 0 Å². The minimum atomic E-state index is 0.312. The van der Waals surface area contributed by atoms with Crippen molar-refractivity contribution >= 4 is 11.9 Å². The molecule has 122 valence electrons. The van der Waals surface area contributed by atoms with E-state index in [2.05, 4.69) is 57.0 Å². The van der Waals surface area contributed by atoms with Gasteiger partial charge >= 0.3 is 0 Å². The standard InChI is InChI=1S/C21H27NO/c1-5-14-23-20-12-8-18(9-13-20)16-22-19-10-6-17(7-11-19)15-21(2,3)4/h6-13,16H,5,14-15H2,1-4H3. The van der Waals surface area contributed by atoms with Crippen LogP contribution in [-0.2, 0) is 6.42 Å². The van der Waals surface area contributed by atoms with Gasteiger partial charge in [-0.2, -0.15) is 0 Å². The average Bonchev–Trinajstić information content (AvgIpc) is 2.52. The Morgan fingerprint density at radius 2 is 1.61 bits per heavy atom. The molecule has 0 aromatic heterocycles. The summed E-state index contributed by atoms with van der Waals surface area (Å²) in [7, 11) is 0. The number of ether oxygens (including phenoxy) is 1. The first-order valence-electron chi connectivity index (χ1n) is 8.32. The third-order valence-electron chi connectivity index (χ3n) is 3.39. The number of aliphatic imine (C=N–C) groups is 1. The molecule has 0 aliphatic heterocycles. The maximum atomic E-state index is 5.58. The van der Waals surface area contributed by atoms with Gasteiger partial charge in [0.2, 0.25) is 0 Å². The topological polar surface area (TPSA) is 21.6 Å². The van der Waals surface area contributed by atoms with Crippen LogP contribution in [0.3, 0.4) is 0 Å². The number of benzene rings is 2. The highest BCUT2D eigenvalue weighted by Crippen LogP contribution is 2.22. The fourth-order valence-corrected chi connectivity index (χ4v) is 2.33. The molecule has 0 aliphatic rings. The minimum Gasteiger partial charge on any atom is -0.494 e. The van der Waals surface area contributed by atoms with Crippen LogP contribution in [-0.4, -0.2) is 12.8 Å². The first-order chi connectivity index (χ1) is 11.0. The molecule has 2 heteroatoms. The molecule has 0 spiro atoms. The second kappa shape index (κ2) is 7.96. The molecule has 0 radical (unpaired) electrons.